The molecule has 0 saturated heterocycles. The van der Waals surface area contributed by atoms with E-state index in [9.17, 15) is 0 Å². The molecule has 4 nitrogen and oxygen atoms in total. The third-order valence-electron chi connectivity index (χ3n) is 2.87. The maximum atomic E-state index is 5.36. The summed E-state index contributed by atoms with van der Waals surface area (Å²) in [5.74, 6) is 1.56. The second-order valence-electron chi connectivity index (χ2n) is 4.19. The van der Waals surface area contributed by atoms with Gasteiger partial charge in [0.25, 0.3) is 0 Å². The normalized spacial score (nSPS) is 10.2. The fourth-order valence-corrected chi connectivity index (χ4v) is 2.05. The molecule has 0 aliphatic carbocycles. The smallest absolute Gasteiger partial charge is 0.222 e. The van der Waals surface area contributed by atoms with Crippen molar-refractivity contribution in [1.82, 2.24) is 9.97 Å². The van der Waals surface area contributed by atoms with Gasteiger partial charge in [-0.15, -0.1) is 0 Å². The average Bonchev–Trinajstić information content (AvgIpc) is 2.38. The van der Waals surface area contributed by atoms with Crippen molar-refractivity contribution in [3.8, 4) is 16.9 Å². The number of anilines is 1. The number of benzene rings is 1. The fourth-order valence-electron chi connectivity index (χ4n) is 2.05. The van der Waals surface area contributed by atoms with Gasteiger partial charge in [0, 0.05) is 25.0 Å². The lowest BCUT2D eigenvalue weighted by Crippen LogP contribution is -1.96. The summed E-state index contributed by atoms with van der Waals surface area (Å²) >= 11 is 0. The summed E-state index contributed by atoms with van der Waals surface area (Å²) in [5, 5.41) is 2.90. The van der Waals surface area contributed by atoms with Gasteiger partial charge < -0.3 is 10.1 Å². The number of methoxy groups -OCH3 is 1. The van der Waals surface area contributed by atoms with Gasteiger partial charge in [0.1, 0.15) is 5.75 Å². The van der Waals surface area contributed by atoms with Crippen LogP contribution in [0, 0.1) is 13.8 Å². The lowest BCUT2D eigenvalue weighted by molar-refractivity contribution is 0.408. The molecule has 94 valence electrons. The molecular weight excluding hydrogens is 226 g/mol. The topological polar surface area (TPSA) is 47.0 Å². The van der Waals surface area contributed by atoms with E-state index in [4.69, 9.17) is 4.74 Å². The molecule has 4 heteroatoms. The van der Waals surface area contributed by atoms with Crippen LogP contribution in [0.3, 0.4) is 0 Å². The van der Waals surface area contributed by atoms with Crippen molar-refractivity contribution >= 4 is 5.95 Å². The lowest BCUT2D eigenvalue weighted by atomic mass is 10.0. The Morgan fingerprint density at radius 2 is 1.56 bits per heavy atom. The number of aryl methyl sites for hydroxylation is 2. The molecular formula is C14H17N3O. The Kier molecular flexibility index (Phi) is 3.46. The van der Waals surface area contributed by atoms with Gasteiger partial charge >= 0.3 is 0 Å². The summed E-state index contributed by atoms with van der Waals surface area (Å²) in [6, 6.07) is 4.17. The molecule has 1 aromatic heterocycles. The fraction of sp³-hybridized carbons (Fsp3) is 0.286. The molecule has 0 bridgehead atoms. The van der Waals surface area contributed by atoms with Crippen LogP contribution < -0.4 is 10.1 Å². The summed E-state index contributed by atoms with van der Waals surface area (Å²) in [5.41, 5.74) is 4.34. The first-order valence-corrected chi connectivity index (χ1v) is 5.81. The Hall–Kier alpha value is -2.10. The monoisotopic (exact) mass is 243 g/mol. The molecule has 2 rings (SSSR count). The molecule has 1 N–H and O–H groups in total. The van der Waals surface area contributed by atoms with E-state index in [1.54, 1.807) is 14.2 Å². The highest BCUT2D eigenvalue weighted by atomic mass is 16.5. The predicted octanol–water partition coefficient (Wildman–Crippen LogP) is 2.81. The van der Waals surface area contributed by atoms with Crippen LogP contribution in [0.4, 0.5) is 5.95 Å². The molecule has 0 unspecified atom stereocenters. The van der Waals surface area contributed by atoms with Crippen molar-refractivity contribution in [1.29, 1.82) is 0 Å². The van der Waals surface area contributed by atoms with Crippen LogP contribution in [-0.2, 0) is 0 Å². The second kappa shape index (κ2) is 5.04. The average molecular weight is 243 g/mol. The number of hydrogen-bond donors (Lipinski definition) is 1. The minimum absolute atomic E-state index is 0.626. The third kappa shape index (κ3) is 2.27. The van der Waals surface area contributed by atoms with Crippen molar-refractivity contribution in [2.24, 2.45) is 0 Å². The number of nitrogens with one attached hydrogen (secondary N) is 1. The summed E-state index contributed by atoms with van der Waals surface area (Å²) in [4.78, 5) is 8.44. The van der Waals surface area contributed by atoms with Gasteiger partial charge in [0.15, 0.2) is 0 Å². The number of rotatable bonds is 3. The molecule has 0 atom stereocenters. The number of nitrogens with zero attached hydrogens (tertiary/aromatic N) is 2. The van der Waals surface area contributed by atoms with E-state index in [0.717, 1.165) is 28.0 Å². The van der Waals surface area contributed by atoms with Crippen LogP contribution >= 0.6 is 0 Å². The molecule has 0 aliphatic rings. The summed E-state index contributed by atoms with van der Waals surface area (Å²) in [6.45, 7) is 4.08. The van der Waals surface area contributed by atoms with Gasteiger partial charge in [0.2, 0.25) is 5.95 Å². The van der Waals surface area contributed by atoms with Crippen molar-refractivity contribution < 1.29 is 4.74 Å². The van der Waals surface area contributed by atoms with Crippen LogP contribution in [0.2, 0.25) is 0 Å². The summed E-state index contributed by atoms with van der Waals surface area (Å²) in [6.07, 6.45) is 3.64. The highest BCUT2D eigenvalue weighted by molar-refractivity contribution is 5.66. The maximum absolute atomic E-state index is 5.36. The van der Waals surface area contributed by atoms with E-state index in [-0.39, 0.29) is 0 Å². The van der Waals surface area contributed by atoms with Crippen molar-refractivity contribution in [3.63, 3.8) is 0 Å². The maximum Gasteiger partial charge on any atom is 0.222 e. The predicted molar refractivity (Wildman–Crippen MR) is 73.0 cm³/mol. The van der Waals surface area contributed by atoms with Crippen LogP contribution in [0.15, 0.2) is 24.5 Å². The lowest BCUT2D eigenvalue weighted by Gasteiger charge is -2.11. The molecule has 0 saturated carbocycles. The molecule has 0 amide bonds. The second-order valence-corrected chi connectivity index (χ2v) is 4.19. The first kappa shape index (κ1) is 12.4. The first-order valence-electron chi connectivity index (χ1n) is 5.81. The standard InChI is InChI=1S/C14H17N3O/c1-9-5-11(6-10(2)13(9)18-4)12-7-16-14(15-3)17-8-12/h5-8H,1-4H3,(H,15,16,17). The van der Waals surface area contributed by atoms with E-state index >= 15 is 0 Å². The van der Waals surface area contributed by atoms with E-state index in [1.165, 1.54) is 0 Å². The van der Waals surface area contributed by atoms with Crippen LogP contribution in [0.1, 0.15) is 11.1 Å². The number of ether oxygens (including phenoxy) is 1. The van der Waals surface area contributed by atoms with Gasteiger partial charge in [0.05, 0.1) is 7.11 Å². The Morgan fingerprint density at radius 3 is 2.00 bits per heavy atom. The minimum atomic E-state index is 0.626. The molecule has 1 heterocycles. The van der Waals surface area contributed by atoms with E-state index < -0.39 is 0 Å². The molecule has 0 radical (unpaired) electrons. The number of hydrogen-bond acceptors (Lipinski definition) is 4. The van der Waals surface area contributed by atoms with Gasteiger partial charge in [-0.1, -0.05) is 0 Å². The zero-order valence-corrected chi connectivity index (χ0v) is 11.1. The number of aromatic nitrogens is 2. The highest BCUT2D eigenvalue weighted by Gasteiger charge is 2.07. The largest absolute Gasteiger partial charge is 0.496 e. The van der Waals surface area contributed by atoms with Crippen LogP contribution in [0.25, 0.3) is 11.1 Å². The van der Waals surface area contributed by atoms with Crippen molar-refractivity contribution in [2.45, 2.75) is 13.8 Å². The molecule has 0 spiro atoms. The van der Waals surface area contributed by atoms with E-state index in [0.29, 0.717) is 5.95 Å². The molecule has 0 fully saturated rings. The molecule has 18 heavy (non-hydrogen) atoms. The Bertz CT molecular complexity index is 526. The Labute approximate surface area is 107 Å². The SMILES string of the molecule is CNc1ncc(-c2cc(C)c(OC)c(C)c2)cn1. The van der Waals surface area contributed by atoms with Gasteiger partial charge in [-0.3, -0.25) is 0 Å². The first-order chi connectivity index (χ1) is 8.65. The van der Waals surface area contributed by atoms with Crippen LogP contribution in [-0.4, -0.2) is 24.1 Å². The van der Waals surface area contributed by atoms with Crippen molar-refractivity contribution in [2.75, 3.05) is 19.5 Å². The third-order valence-corrected chi connectivity index (χ3v) is 2.87. The zero-order chi connectivity index (χ0) is 13.1. The van der Waals surface area contributed by atoms with Crippen LogP contribution in [0.5, 0.6) is 5.75 Å². The Balaban J connectivity index is 2.44. The zero-order valence-electron chi connectivity index (χ0n) is 11.1. The van der Waals surface area contributed by atoms with Gasteiger partial charge in [-0.25, -0.2) is 9.97 Å². The summed E-state index contributed by atoms with van der Waals surface area (Å²) in [7, 11) is 3.50. The Morgan fingerprint density at radius 1 is 1.00 bits per heavy atom. The van der Waals surface area contributed by atoms with Gasteiger partial charge in [-0.2, -0.15) is 0 Å². The quantitative estimate of drug-likeness (QED) is 0.900. The van der Waals surface area contributed by atoms with Gasteiger partial charge in [-0.05, 0) is 42.7 Å². The molecule has 1 aromatic carbocycles. The van der Waals surface area contributed by atoms with E-state index in [2.05, 4.69) is 27.4 Å². The minimum Gasteiger partial charge on any atom is -0.496 e. The molecule has 2 aromatic rings. The van der Waals surface area contributed by atoms with Crippen molar-refractivity contribution in [3.05, 3.63) is 35.7 Å². The summed E-state index contributed by atoms with van der Waals surface area (Å²) < 4.78 is 5.36. The highest BCUT2D eigenvalue weighted by Crippen LogP contribution is 2.29. The van der Waals surface area contributed by atoms with E-state index in [1.807, 2.05) is 26.2 Å². The molecule has 0 aliphatic heterocycles.